The van der Waals surface area contributed by atoms with Crippen molar-refractivity contribution >= 4 is 0 Å². The van der Waals surface area contributed by atoms with Crippen LogP contribution in [0.2, 0.25) is 0 Å². The number of hydrogen-bond donors (Lipinski definition) is 0. The largest absolute Gasteiger partial charge is 0.487 e. The third-order valence-corrected chi connectivity index (χ3v) is 2.87. The molecule has 0 bridgehead atoms. The van der Waals surface area contributed by atoms with Gasteiger partial charge in [0.25, 0.3) is 0 Å². The lowest BCUT2D eigenvalue weighted by Crippen LogP contribution is -2.03. The average molecular weight is 241 g/mol. The second kappa shape index (κ2) is 4.92. The SMILES string of the molecule is Cc1cc(C#N)cc(C)c1OCc1cncn1C. The van der Waals surface area contributed by atoms with Gasteiger partial charge in [-0.2, -0.15) is 5.26 Å². The first-order chi connectivity index (χ1) is 8.61. The molecule has 92 valence electrons. The Kier molecular flexibility index (Phi) is 3.33. The number of benzene rings is 1. The van der Waals surface area contributed by atoms with Crippen LogP contribution in [0.5, 0.6) is 5.75 Å². The highest BCUT2D eigenvalue weighted by Gasteiger charge is 2.07. The molecule has 0 N–H and O–H groups in total. The molecule has 1 aromatic heterocycles. The summed E-state index contributed by atoms with van der Waals surface area (Å²) in [6, 6.07) is 5.82. The Morgan fingerprint density at radius 3 is 2.50 bits per heavy atom. The fourth-order valence-corrected chi connectivity index (χ4v) is 1.91. The average Bonchev–Trinajstić information content (AvgIpc) is 2.73. The Morgan fingerprint density at radius 1 is 1.33 bits per heavy atom. The molecule has 1 heterocycles. The van der Waals surface area contributed by atoms with Crippen molar-refractivity contribution in [2.45, 2.75) is 20.5 Å². The molecule has 18 heavy (non-hydrogen) atoms. The van der Waals surface area contributed by atoms with Gasteiger partial charge in [-0.1, -0.05) is 0 Å². The van der Waals surface area contributed by atoms with E-state index in [0.29, 0.717) is 12.2 Å². The van der Waals surface area contributed by atoms with Crippen molar-refractivity contribution in [2.75, 3.05) is 0 Å². The Bertz CT molecular complexity index is 585. The van der Waals surface area contributed by atoms with Gasteiger partial charge >= 0.3 is 0 Å². The van der Waals surface area contributed by atoms with Crippen molar-refractivity contribution in [3.63, 3.8) is 0 Å². The van der Waals surface area contributed by atoms with Crippen LogP contribution in [0, 0.1) is 25.2 Å². The molecule has 0 saturated heterocycles. The standard InChI is InChI=1S/C14H15N3O/c1-10-4-12(6-15)5-11(2)14(10)18-8-13-7-16-9-17(13)3/h4-5,7,9H,8H2,1-3H3. The van der Waals surface area contributed by atoms with Gasteiger partial charge in [0, 0.05) is 7.05 Å². The quantitative estimate of drug-likeness (QED) is 0.829. The first kappa shape index (κ1) is 12.2. The van der Waals surface area contributed by atoms with Gasteiger partial charge in [0.1, 0.15) is 12.4 Å². The summed E-state index contributed by atoms with van der Waals surface area (Å²) in [5, 5.41) is 8.89. The molecule has 0 atom stereocenters. The number of nitrogens with zero attached hydrogens (tertiary/aromatic N) is 3. The van der Waals surface area contributed by atoms with Gasteiger partial charge < -0.3 is 9.30 Å². The highest BCUT2D eigenvalue weighted by molar-refractivity contribution is 5.47. The van der Waals surface area contributed by atoms with Crippen molar-refractivity contribution in [2.24, 2.45) is 7.05 Å². The zero-order valence-electron chi connectivity index (χ0n) is 10.8. The zero-order chi connectivity index (χ0) is 13.1. The molecule has 1 aromatic carbocycles. The summed E-state index contributed by atoms with van der Waals surface area (Å²) in [5.74, 6) is 0.843. The number of rotatable bonds is 3. The molecule has 0 radical (unpaired) electrons. The minimum absolute atomic E-state index is 0.476. The lowest BCUT2D eigenvalue weighted by Gasteiger charge is -2.12. The molecule has 0 fully saturated rings. The first-order valence-corrected chi connectivity index (χ1v) is 5.71. The predicted molar refractivity (Wildman–Crippen MR) is 68.2 cm³/mol. The normalized spacial score (nSPS) is 10.1. The van der Waals surface area contributed by atoms with Crippen LogP contribution < -0.4 is 4.74 Å². The van der Waals surface area contributed by atoms with Crippen molar-refractivity contribution in [3.8, 4) is 11.8 Å². The molecule has 0 aliphatic heterocycles. The molecule has 4 nitrogen and oxygen atoms in total. The third kappa shape index (κ3) is 2.35. The van der Waals surface area contributed by atoms with Gasteiger partial charge in [-0.25, -0.2) is 4.98 Å². The van der Waals surface area contributed by atoms with Crippen molar-refractivity contribution in [3.05, 3.63) is 47.0 Å². The number of nitriles is 1. The minimum Gasteiger partial charge on any atom is -0.487 e. The second-order valence-corrected chi connectivity index (χ2v) is 4.34. The van der Waals surface area contributed by atoms with E-state index in [1.54, 1.807) is 12.5 Å². The van der Waals surface area contributed by atoms with Crippen molar-refractivity contribution < 1.29 is 4.74 Å². The van der Waals surface area contributed by atoms with Gasteiger partial charge in [0.2, 0.25) is 0 Å². The van der Waals surface area contributed by atoms with E-state index in [0.717, 1.165) is 22.6 Å². The highest BCUT2D eigenvalue weighted by atomic mass is 16.5. The van der Waals surface area contributed by atoms with Crippen molar-refractivity contribution in [1.82, 2.24) is 9.55 Å². The maximum atomic E-state index is 8.89. The van der Waals surface area contributed by atoms with E-state index < -0.39 is 0 Å². The molecule has 0 saturated carbocycles. The minimum atomic E-state index is 0.476. The summed E-state index contributed by atoms with van der Waals surface area (Å²) in [6.45, 7) is 4.38. The summed E-state index contributed by atoms with van der Waals surface area (Å²) < 4.78 is 7.75. The molecular weight excluding hydrogens is 226 g/mol. The Hall–Kier alpha value is -2.28. The van der Waals surface area contributed by atoms with E-state index in [1.165, 1.54) is 0 Å². The topological polar surface area (TPSA) is 50.8 Å². The molecule has 2 rings (SSSR count). The van der Waals surface area contributed by atoms with Gasteiger partial charge in [-0.15, -0.1) is 0 Å². The van der Waals surface area contributed by atoms with Crippen LogP contribution in [0.4, 0.5) is 0 Å². The summed E-state index contributed by atoms with van der Waals surface area (Å²) in [5.41, 5.74) is 3.64. The highest BCUT2D eigenvalue weighted by Crippen LogP contribution is 2.25. The molecule has 0 aliphatic carbocycles. The van der Waals surface area contributed by atoms with Gasteiger partial charge in [-0.3, -0.25) is 0 Å². The summed E-state index contributed by atoms with van der Waals surface area (Å²) >= 11 is 0. The van der Waals surface area contributed by atoms with Crippen LogP contribution in [-0.2, 0) is 13.7 Å². The lowest BCUT2D eigenvalue weighted by molar-refractivity contribution is 0.293. The predicted octanol–water partition coefficient (Wildman–Crippen LogP) is 2.49. The third-order valence-electron chi connectivity index (χ3n) is 2.87. The molecular formula is C14H15N3O. The van der Waals surface area contributed by atoms with Crippen LogP contribution in [0.1, 0.15) is 22.4 Å². The number of aromatic nitrogens is 2. The fraction of sp³-hybridized carbons (Fsp3) is 0.286. The number of hydrogen-bond acceptors (Lipinski definition) is 3. The van der Waals surface area contributed by atoms with Crippen LogP contribution in [-0.4, -0.2) is 9.55 Å². The fourth-order valence-electron chi connectivity index (χ4n) is 1.91. The second-order valence-electron chi connectivity index (χ2n) is 4.34. The summed E-state index contributed by atoms with van der Waals surface area (Å²) in [4.78, 5) is 4.05. The van der Waals surface area contributed by atoms with Crippen LogP contribution in [0.3, 0.4) is 0 Å². The number of imidazole rings is 1. The van der Waals surface area contributed by atoms with E-state index >= 15 is 0 Å². The smallest absolute Gasteiger partial charge is 0.130 e. The summed E-state index contributed by atoms with van der Waals surface area (Å²) in [6.07, 6.45) is 3.53. The Balaban J connectivity index is 2.20. The molecule has 0 aliphatic rings. The molecule has 4 heteroatoms. The van der Waals surface area contributed by atoms with Crippen molar-refractivity contribution in [1.29, 1.82) is 5.26 Å². The molecule has 0 unspecified atom stereocenters. The zero-order valence-corrected chi connectivity index (χ0v) is 10.8. The summed E-state index contributed by atoms with van der Waals surface area (Å²) in [7, 11) is 1.93. The molecule has 0 amide bonds. The lowest BCUT2D eigenvalue weighted by atomic mass is 10.1. The number of aryl methyl sites for hydroxylation is 3. The van der Waals surface area contributed by atoms with Crippen LogP contribution in [0.15, 0.2) is 24.7 Å². The van der Waals surface area contributed by atoms with Gasteiger partial charge in [0.05, 0.1) is 29.9 Å². The van der Waals surface area contributed by atoms with Gasteiger partial charge in [-0.05, 0) is 37.1 Å². The number of ether oxygens (including phenoxy) is 1. The molecule has 0 spiro atoms. The maximum Gasteiger partial charge on any atom is 0.130 e. The van der Waals surface area contributed by atoms with E-state index in [4.69, 9.17) is 10.00 Å². The van der Waals surface area contributed by atoms with E-state index in [9.17, 15) is 0 Å². The van der Waals surface area contributed by atoms with Crippen LogP contribution in [0.25, 0.3) is 0 Å². The van der Waals surface area contributed by atoms with Gasteiger partial charge in [0.15, 0.2) is 0 Å². The monoisotopic (exact) mass is 241 g/mol. The van der Waals surface area contributed by atoms with E-state index in [-0.39, 0.29) is 0 Å². The first-order valence-electron chi connectivity index (χ1n) is 5.71. The van der Waals surface area contributed by atoms with Crippen LogP contribution >= 0.6 is 0 Å². The molecule has 2 aromatic rings. The Labute approximate surface area is 106 Å². The van der Waals surface area contributed by atoms with E-state index in [2.05, 4.69) is 11.1 Å². The van der Waals surface area contributed by atoms with E-state index in [1.807, 2.05) is 37.6 Å². The Morgan fingerprint density at radius 2 is 2.00 bits per heavy atom. The maximum absolute atomic E-state index is 8.89.